The average molecular weight is 313 g/mol. The average Bonchev–Trinajstić information content (AvgIpc) is 2.40. The number of benzene rings is 1. The number of aryl methyl sites for hydroxylation is 1. The first-order chi connectivity index (χ1) is 10.0. The SMILES string of the molecule is COc1ccc(S(=O)(=O)N(CCCO)C2CCC2)cc1C. The molecule has 0 radical (unpaired) electrons. The highest BCUT2D eigenvalue weighted by Gasteiger charge is 2.34. The number of nitrogens with zero attached hydrogens (tertiary/aromatic N) is 1. The van der Waals surface area contributed by atoms with Crippen LogP contribution in [-0.2, 0) is 10.0 Å². The number of aliphatic hydroxyl groups is 1. The molecule has 0 bridgehead atoms. The molecule has 0 atom stereocenters. The smallest absolute Gasteiger partial charge is 0.243 e. The lowest BCUT2D eigenvalue weighted by Gasteiger charge is -2.36. The van der Waals surface area contributed by atoms with Crippen LogP contribution in [0.25, 0.3) is 0 Å². The second-order valence-corrected chi connectivity index (χ2v) is 7.30. The number of methoxy groups -OCH3 is 1. The molecule has 0 spiro atoms. The van der Waals surface area contributed by atoms with Gasteiger partial charge in [0, 0.05) is 19.2 Å². The zero-order valence-corrected chi connectivity index (χ0v) is 13.4. The number of rotatable bonds is 7. The van der Waals surface area contributed by atoms with Crippen LogP contribution in [0.3, 0.4) is 0 Å². The summed E-state index contributed by atoms with van der Waals surface area (Å²) in [4.78, 5) is 0.297. The lowest BCUT2D eigenvalue weighted by Crippen LogP contribution is -2.44. The summed E-state index contributed by atoms with van der Waals surface area (Å²) in [6, 6.07) is 5.00. The van der Waals surface area contributed by atoms with Crippen molar-refractivity contribution in [3.8, 4) is 5.75 Å². The second kappa shape index (κ2) is 6.77. The summed E-state index contributed by atoms with van der Waals surface area (Å²) in [5.41, 5.74) is 0.800. The van der Waals surface area contributed by atoms with Gasteiger partial charge in [0.05, 0.1) is 12.0 Å². The van der Waals surface area contributed by atoms with Gasteiger partial charge >= 0.3 is 0 Å². The van der Waals surface area contributed by atoms with Gasteiger partial charge in [0.1, 0.15) is 5.75 Å². The molecule has 6 heteroatoms. The van der Waals surface area contributed by atoms with Crippen LogP contribution >= 0.6 is 0 Å². The molecule has 1 aromatic rings. The summed E-state index contributed by atoms with van der Waals surface area (Å²) in [6.07, 6.45) is 3.34. The van der Waals surface area contributed by atoms with Crippen molar-refractivity contribution < 1.29 is 18.3 Å². The van der Waals surface area contributed by atoms with Gasteiger partial charge < -0.3 is 9.84 Å². The molecule has 1 fully saturated rings. The zero-order valence-electron chi connectivity index (χ0n) is 12.6. The third kappa shape index (κ3) is 3.39. The van der Waals surface area contributed by atoms with Crippen molar-refractivity contribution in [2.45, 2.75) is 43.5 Å². The Bertz CT molecular complexity index is 581. The van der Waals surface area contributed by atoms with E-state index in [1.54, 1.807) is 29.6 Å². The molecule has 0 heterocycles. The molecule has 21 heavy (non-hydrogen) atoms. The predicted octanol–water partition coefficient (Wildman–Crippen LogP) is 1.93. The van der Waals surface area contributed by atoms with E-state index in [0.29, 0.717) is 23.6 Å². The van der Waals surface area contributed by atoms with E-state index in [2.05, 4.69) is 0 Å². The molecule has 1 saturated carbocycles. The van der Waals surface area contributed by atoms with Crippen molar-refractivity contribution in [3.63, 3.8) is 0 Å². The van der Waals surface area contributed by atoms with Gasteiger partial charge in [0.2, 0.25) is 10.0 Å². The lowest BCUT2D eigenvalue weighted by atomic mass is 9.93. The van der Waals surface area contributed by atoms with Gasteiger partial charge in [-0.25, -0.2) is 8.42 Å². The Kier molecular flexibility index (Phi) is 5.24. The fourth-order valence-corrected chi connectivity index (χ4v) is 4.36. The largest absolute Gasteiger partial charge is 0.496 e. The van der Waals surface area contributed by atoms with Crippen molar-refractivity contribution in [3.05, 3.63) is 23.8 Å². The van der Waals surface area contributed by atoms with Crippen molar-refractivity contribution >= 4 is 10.0 Å². The molecule has 1 aromatic carbocycles. The van der Waals surface area contributed by atoms with Crippen LogP contribution in [0.4, 0.5) is 0 Å². The lowest BCUT2D eigenvalue weighted by molar-refractivity contribution is 0.198. The van der Waals surface area contributed by atoms with E-state index in [1.807, 2.05) is 6.92 Å². The Hall–Kier alpha value is -1.11. The Morgan fingerprint density at radius 2 is 2.10 bits per heavy atom. The van der Waals surface area contributed by atoms with Gasteiger partial charge in [-0.2, -0.15) is 4.31 Å². The van der Waals surface area contributed by atoms with Crippen LogP contribution in [0.2, 0.25) is 0 Å². The molecule has 1 aliphatic carbocycles. The molecule has 118 valence electrons. The molecule has 0 amide bonds. The number of hydrogen-bond acceptors (Lipinski definition) is 4. The highest BCUT2D eigenvalue weighted by molar-refractivity contribution is 7.89. The Balaban J connectivity index is 2.30. The summed E-state index contributed by atoms with van der Waals surface area (Å²) in [6.45, 7) is 2.20. The molecular weight excluding hydrogens is 290 g/mol. The van der Waals surface area contributed by atoms with E-state index in [0.717, 1.165) is 24.8 Å². The third-order valence-corrected chi connectivity index (χ3v) is 5.94. The number of hydrogen-bond donors (Lipinski definition) is 1. The molecule has 1 aliphatic rings. The van der Waals surface area contributed by atoms with Crippen LogP contribution < -0.4 is 4.74 Å². The topological polar surface area (TPSA) is 66.8 Å². The van der Waals surface area contributed by atoms with Crippen LogP contribution in [0, 0.1) is 6.92 Å². The molecule has 1 N–H and O–H groups in total. The maximum Gasteiger partial charge on any atom is 0.243 e. The molecular formula is C15H23NO4S. The first kappa shape index (κ1) is 16.3. The molecule has 2 rings (SSSR count). The van der Waals surface area contributed by atoms with Gasteiger partial charge in [-0.15, -0.1) is 0 Å². The molecule has 0 aromatic heterocycles. The monoisotopic (exact) mass is 313 g/mol. The Morgan fingerprint density at radius 3 is 2.57 bits per heavy atom. The minimum atomic E-state index is -3.51. The van der Waals surface area contributed by atoms with Crippen LogP contribution in [0.1, 0.15) is 31.2 Å². The van der Waals surface area contributed by atoms with E-state index in [9.17, 15) is 8.42 Å². The zero-order chi connectivity index (χ0) is 15.5. The number of aliphatic hydroxyl groups excluding tert-OH is 1. The van der Waals surface area contributed by atoms with E-state index >= 15 is 0 Å². The van der Waals surface area contributed by atoms with Gasteiger partial charge in [-0.05, 0) is 49.9 Å². The number of sulfonamides is 1. The molecule has 0 aliphatic heterocycles. The third-order valence-electron chi connectivity index (χ3n) is 3.99. The minimum Gasteiger partial charge on any atom is -0.496 e. The fourth-order valence-electron chi connectivity index (χ4n) is 2.55. The van der Waals surface area contributed by atoms with E-state index in [1.165, 1.54) is 0 Å². The van der Waals surface area contributed by atoms with Crippen molar-refractivity contribution in [2.75, 3.05) is 20.3 Å². The van der Waals surface area contributed by atoms with Crippen LogP contribution in [0.5, 0.6) is 5.75 Å². The minimum absolute atomic E-state index is 0.000377. The highest BCUT2D eigenvalue weighted by Crippen LogP contribution is 2.31. The summed E-state index contributed by atoms with van der Waals surface area (Å²) >= 11 is 0. The van der Waals surface area contributed by atoms with Crippen LogP contribution in [-0.4, -0.2) is 44.1 Å². The Morgan fingerprint density at radius 1 is 1.38 bits per heavy atom. The summed E-state index contributed by atoms with van der Waals surface area (Å²) in [7, 11) is -1.95. The highest BCUT2D eigenvalue weighted by atomic mass is 32.2. The van der Waals surface area contributed by atoms with Gasteiger partial charge in [-0.3, -0.25) is 0 Å². The standard InChI is InChI=1S/C15H23NO4S/c1-12-11-14(7-8-15(12)20-2)21(18,19)16(9-4-10-17)13-5-3-6-13/h7-8,11,13,17H,3-6,9-10H2,1-2H3. The maximum absolute atomic E-state index is 12.8. The van der Waals surface area contributed by atoms with Gasteiger partial charge in [0.15, 0.2) is 0 Å². The maximum atomic E-state index is 12.8. The predicted molar refractivity (Wildman–Crippen MR) is 81.0 cm³/mol. The van der Waals surface area contributed by atoms with Crippen molar-refractivity contribution in [1.29, 1.82) is 0 Å². The second-order valence-electron chi connectivity index (χ2n) is 5.41. The molecule has 0 unspecified atom stereocenters. The molecule has 5 nitrogen and oxygen atoms in total. The van der Waals surface area contributed by atoms with Gasteiger partial charge in [-0.1, -0.05) is 6.42 Å². The molecule has 0 saturated heterocycles. The summed E-state index contributed by atoms with van der Waals surface area (Å²) in [5, 5.41) is 9.00. The Labute approximate surface area is 126 Å². The van der Waals surface area contributed by atoms with Crippen LogP contribution in [0.15, 0.2) is 23.1 Å². The van der Waals surface area contributed by atoms with E-state index in [-0.39, 0.29) is 12.6 Å². The summed E-state index contributed by atoms with van der Waals surface area (Å²) < 4.78 is 32.4. The summed E-state index contributed by atoms with van der Waals surface area (Å²) in [5.74, 6) is 0.680. The van der Waals surface area contributed by atoms with E-state index in [4.69, 9.17) is 9.84 Å². The van der Waals surface area contributed by atoms with Crippen molar-refractivity contribution in [2.24, 2.45) is 0 Å². The number of ether oxygens (including phenoxy) is 1. The normalized spacial score (nSPS) is 16.0. The van der Waals surface area contributed by atoms with Gasteiger partial charge in [0.25, 0.3) is 0 Å². The fraction of sp³-hybridized carbons (Fsp3) is 0.600. The van der Waals surface area contributed by atoms with E-state index < -0.39 is 10.0 Å². The first-order valence-electron chi connectivity index (χ1n) is 7.28. The van der Waals surface area contributed by atoms with Crippen molar-refractivity contribution in [1.82, 2.24) is 4.31 Å². The first-order valence-corrected chi connectivity index (χ1v) is 8.72. The quantitative estimate of drug-likeness (QED) is 0.835.